The summed E-state index contributed by atoms with van der Waals surface area (Å²) in [6.45, 7) is 10.6. The minimum absolute atomic E-state index is 0.191. The van der Waals surface area contributed by atoms with Crippen LogP contribution in [0.15, 0.2) is 0 Å². The normalized spacial score (nSPS) is 10.8. The molecule has 0 aliphatic heterocycles. The van der Waals surface area contributed by atoms with E-state index in [2.05, 4.69) is 10.3 Å². The van der Waals surface area contributed by atoms with Gasteiger partial charge in [-0.05, 0) is 46.6 Å². The van der Waals surface area contributed by atoms with Gasteiger partial charge in [-0.2, -0.15) is 0 Å². The molecular formula is C16H26N2O4. The van der Waals surface area contributed by atoms with Crippen LogP contribution in [-0.4, -0.2) is 42.7 Å². The van der Waals surface area contributed by atoms with Crippen molar-refractivity contribution in [2.24, 2.45) is 0 Å². The molecule has 0 aromatic carbocycles. The third-order valence-electron chi connectivity index (χ3n) is 3.20. The second-order valence-electron chi connectivity index (χ2n) is 5.37. The van der Waals surface area contributed by atoms with Gasteiger partial charge in [0.1, 0.15) is 5.69 Å². The minimum Gasteiger partial charge on any atom is -0.462 e. The van der Waals surface area contributed by atoms with E-state index in [0.717, 1.165) is 6.42 Å². The quantitative estimate of drug-likeness (QED) is 0.570. The van der Waals surface area contributed by atoms with Gasteiger partial charge in [-0.25, -0.2) is 4.79 Å². The average Bonchev–Trinajstić information content (AvgIpc) is 2.73. The average molecular weight is 310 g/mol. The summed E-state index contributed by atoms with van der Waals surface area (Å²) in [6, 6.07) is 0. The minimum atomic E-state index is -0.405. The zero-order chi connectivity index (χ0) is 16.7. The molecule has 22 heavy (non-hydrogen) atoms. The third kappa shape index (κ3) is 4.87. The van der Waals surface area contributed by atoms with Crippen molar-refractivity contribution in [3.63, 3.8) is 0 Å². The molecule has 0 saturated heterocycles. The fraction of sp³-hybridized carbons (Fsp3) is 0.625. The molecule has 0 aliphatic carbocycles. The fourth-order valence-corrected chi connectivity index (χ4v) is 2.17. The second-order valence-corrected chi connectivity index (χ2v) is 5.37. The number of carbonyl (C=O) groups excluding carboxylic acids is 2. The van der Waals surface area contributed by atoms with E-state index in [0.29, 0.717) is 42.3 Å². The van der Waals surface area contributed by atoms with E-state index < -0.39 is 5.97 Å². The van der Waals surface area contributed by atoms with Gasteiger partial charge in [0.25, 0.3) is 5.91 Å². The Hall–Kier alpha value is -1.82. The van der Waals surface area contributed by atoms with Gasteiger partial charge in [0.05, 0.1) is 18.3 Å². The first-order chi connectivity index (χ1) is 10.4. The van der Waals surface area contributed by atoms with Crippen molar-refractivity contribution >= 4 is 11.9 Å². The molecular weight excluding hydrogens is 284 g/mol. The standard InChI is InChI=1S/C16H26N2O4/c1-6-21-16(20)13-11(4)14(18-12(13)5)15(19)17-8-7-9-22-10(2)3/h10,18H,6-9H2,1-5H3,(H,17,19). The highest BCUT2D eigenvalue weighted by Crippen LogP contribution is 2.19. The number of esters is 1. The Balaban J connectivity index is 2.63. The Morgan fingerprint density at radius 3 is 2.55 bits per heavy atom. The van der Waals surface area contributed by atoms with E-state index in [-0.39, 0.29) is 12.0 Å². The molecule has 0 saturated carbocycles. The zero-order valence-electron chi connectivity index (χ0n) is 14.0. The number of rotatable bonds is 8. The number of ether oxygens (including phenoxy) is 2. The molecule has 0 atom stereocenters. The Morgan fingerprint density at radius 1 is 1.27 bits per heavy atom. The highest BCUT2D eigenvalue weighted by Gasteiger charge is 2.22. The lowest BCUT2D eigenvalue weighted by Gasteiger charge is -2.08. The highest BCUT2D eigenvalue weighted by molar-refractivity contribution is 6.00. The maximum Gasteiger partial charge on any atom is 0.340 e. The Morgan fingerprint density at radius 2 is 1.95 bits per heavy atom. The Bertz CT molecular complexity index is 520. The van der Waals surface area contributed by atoms with Crippen LogP contribution in [0, 0.1) is 13.8 Å². The molecule has 0 unspecified atom stereocenters. The van der Waals surface area contributed by atoms with E-state index in [9.17, 15) is 9.59 Å². The van der Waals surface area contributed by atoms with Gasteiger partial charge < -0.3 is 19.8 Å². The summed E-state index contributed by atoms with van der Waals surface area (Å²) in [7, 11) is 0. The van der Waals surface area contributed by atoms with Crippen LogP contribution in [-0.2, 0) is 9.47 Å². The van der Waals surface area contributed by atoms with Crippen LogP contribution in [0.2, 0.25) is 0 Å². The number of carbonyl (C=O) groups is 2. The summed E-state index contributed by atoms with van der Waals surface area (Å²) in [5, 5.41) is 2.82. The lowest BCUT2D eigenvalue weighted by molar-refractivity contribution is 0.0525. The van der Waals surface area contributed by atoms with E-state index in [4.69, 9.17) is 9.47 Å². The van der Waals surface area contributed by atoms with E-state index in [1.54, 1.807) is 20.8 Å². The topological polar surface area (TPSA) is 80.4 Å². The first kappa shape index (κ1) is 18.2. The fourth-order valence-electron chi connectivity index (χ4n) is 2.17. The van der Waals surface area contributed by atoms with Crippen LogP contribution < -0.4 is 5.32 Å². The van der Waals surface area contributed by atoms with Crippen molar-refractivity contribution in [3.05, 3.63) is 22.5 Å². The van der Waals surface area contributed by atoms with Crippen LogP contribution >= 0.6 is 0 Å². The first-order valence-electron chi connectivity index (χ1n) is 7.64. The van der Waals surface area contributed by atoms with Crippen molar-refractivity contribution in [1.82, 2.24) is 10.3 Å². The van der Waals surface area contributed by atoms with Crippen LogP contribution in [0.4, 0.5) is 0 Å². The molecule has 1 aromatic rings. The SMILES string of the molecule is CCOC(=O)c1c(C)[nH]c(C(=O)NCCCOC(C)C)c1C. The number of hydrogen-bond donors (Lipinski definition) is 2. The van der Waals surface area contributed by atoms with Crippen molar-refractivity contribution in [2.45, 2.75) is 47.1 Å². The van der Waals surface area contributed by atoms with Crippen molar-refractivity contribution in [3.8, 4) is 0 Å². The lowest BCUT2D eigenvalue weighted by atomic mass is 10.1. The maximum atomic E-state index is 12.2. The van der Waals surface area contributed by atoms with Crippen molar-refractivity contribution in [1.29, 1.82) is 0 Å². The molecule has 1 amide bonds. The smallest absolute Gasteiger partial charge is 0.340 e. The third-order valence-corrected chi connectivity index (χ3v) is 3.20. The van der Waals surface area contributed by atoms with Gasteiger partial charge >= 0.3 is 5.97 Å². The molecule has 2 N–H and O–H groups in total. The number of amides is 1. The van der Waals surface area contributed by atoms with E-state index in [1.807, 2.05) is 13.8 Å². The molecule has 6 nitrogen and oxygen atoms in total. The predicted molar refractivity (Wildman–Crippen MR) is 84.3 cm³/mol. The van der Waals surface area contributed by atoms with Gasteiger partial charge in [0, 0.05) is 18.8 Å². The zero-order valence-corrected chi connectivity index (χ0v) is 14.0. The van der Waals surface area contributed by atoms with Gasteiger partial charge in [-0.3, -0.25) is 4.79 Å². The molecule has 0 bridgehead atoms. The molecule has 0 fully saturated rings. The number of hydrogen-bond acceptors (Lipinski definition) is 4. The summed E-state index contributed by atoms with van der Waals surface area (Å²) in [4.78, 5) is 27.0. The molecule has 1 heterocycles. The van der Waals surface area contributed by atoms with E-state index >= 15 is 0 Å². The number of aryl methyl sites for hydroxylation is 1. The molecule has 0 spiro atoms. The van der Waals surface area contributed by atoms with Gasteiger partial charge in [0.2, 0.25) is 0 Å². The Labute approximate surface area is 131 Å². The summed E-state index contributed by atoms with van der Waals surface area (Å²) in [5.74, 6) is -0.626. The summed E-state index contributed by atoms with van der Waals surface area (Å²) >= 11 is 0. The second kappa shape index (κ2) is 8.58. The highest BCUT2D eigenvalue weighted by atomic mass is 16.5. The van der Waals surface area contributed by atoms with Crippen LogP contribution in [0.1, 0.15) is 59.3 Å². The summed E-state index contributed by atoms with van der Waals surface area (Å²) < 4.78 is 10.4. The number of aromatic nitrogens is 1. The maximum absolute atomic E-state index is 12.2. The Kier molecular flexibility index (Phi) is 7.11. The monoisotopic (exact) mass is 310 g/mol. The molecule has 1 rings (SSSR count). The van der Waals surface area contributed by atoms with Crippen molar-refractivity contribution in [2.75, 3.05) is 19.8 Å². The number of H-pyrrole nitrogens is 1. The molecule has 124 valence electrons. The van der Waals surface area contributed by atoms with Crippen LogP contribution in [0.25, 0.3) is 0 Å². The van der Waals surface area contributed by atoms with E-state index in [1.165, 1.54) is 0 Å². The number of nitrogens with one attached hydrogen (secondary N) is 2. The summed E-state index contributed by atoms with van der Waals surface area (Å²) in [5.41, 5.74) is 2.11. The largest absolute Gasteiger partial charge is 0.462 e. The molecule has 0 aliphatic rings. The molecule has 6 heteroatoms. The van der Waals surface area contributed by atoms with Gasteiger partial charge in [-0.1, -0.05) is 0 Å². The molecule has 1 aromatic heterocycles. The lowest BCUT2D eigenvalue weighted by Crippen LogP contribution is -2.26. The first-order valence-corrected chi connectivity index (χ1v) is 7.64. The predicted octanol–water partition coefficient (Wildman–Crippen LogP) is 2.35. The van der Waals surface area contributed by atoms with Crippen molar-refractivity contribution < 1.29 is 19.1 Å². The van der Waals surface area contributed by atoms with Crippen LogP contribution in [0.3, 0.4) is 0 Å². The van der Waals surface area contributed by atoms with Gasteiger partial charge in [-0.15, -0.1) is 0 Å². The summed E-state index contributed by atoms with van der Waals surface area (Å²) in [6.07, 6.45) is 0.934. The number of aromatic amines is 1. The van der Waals surface area contributed by atoms with Crippen LogP contribution in [0.5, 0.6) is 0 Å². The molecule has 0 radical (unpaired) electrons. The van der Waals surface area contributed by atoms with Gasteiger partial charge in [0.15, 0.2) is 0 Å².